The molecule has 1 aliphatic heterocycles. The Kier molecular flexibility index (Phi) is 8.14. The van der Waals surface area contributed by atoms with Crippen molar-refractivity contribution >= 4 is 34.2 Å². The van der Waals surface area contributed by atoms with E-state index in [2.05, 4.69) is 62.1 Å². The number of ketones is 2. The fourth-order valence-electron chi connectivity index (χ4n) is 6.69. The van der Waals surface area contributed by atoms with Crippen LogP contribution in [0.15, 0.2) is 58.9 Å². The van der Waals surface area contributed by atoms with Crippen molar-refractivity contribution in [3.63, 3.8) is 0 Å². The molecule has 5 rings (SSSR count). The van der Waals surface area contributed by atoms with Crippen LogP contribution >= 0.6 is 22.6 Å². The third-order valence-electron chi connectivity index (χ3n) is 8.33. The van der Waals surface area contributed by atoms with Crippen LogP contribution < -0.4 is 9.47 Å². The Morgan fingerprint density at radius 3 is 2.02 bits per heavy atom. The molecule has 0 unspecified atom stereocenters. The predicted molar refractivity (Wildman–Crippen MR) is 166 cm³/mol. The van der Waals surface area contributed by atoms with Crippen LogP contribution in [0.3, 0.4) is 0 Å². The maximum atomic E-state index is 14.3. The molecule has 2 aromatic rings. The van der Waals surface area contributed by atoms with E-state index < -0.39 is 5.92 Å². The molecule has 2 aliphatic carbocycles. The van der Waals surface area contributed by atoms with Crippen LogP contribution in [-0.2, 0) is 16.2 Å². The van der Waals surface area contributed by atoms with Crippen molar-refractivity contribution in [2.75, 3.05) is 13.2 Å². The summed E-state index contributed by atoms with van der Waals surface area (Å²) in [5, 5.41) is 0. The lowest BCUT2D eigenvalue weighted by Gasteiger charge is -2.49. The van der Waals surface area contributed by atoms with Gasteiger partial charge in [0, 0.05) is 53.4 Å². The fourth-order valence-corrected chi connectivity index (χ4v) is 7.47. The molecule has 5 nitrogen and oxygen atoms in total. The van der Waals surface area contributed by atoms with E-state index in [1.807, 2.05) is 19.1 Å². The first kappa shape index (κ1) is 29.8. The monoisotopic (exact) mass is 671 g/mol. The summed E-state index contributed by atoms with van der Waals surface area (Å²) in [4.78, 5) is 30.1. The van der Waals surface area contributed by atoms with Gasteiger partial charge in [-0.3, -0.25) is 9.59 Å². The highest BCUT2D eigenvalue weighted by Gasteiger charge is 2.48. The number of Topliss-reactive ketones (excluding diaryl/α,β-unsaturated/α-hetero) is 2. The minimum Gasteiger partial charge on any atom is -0.490 e. The summed E-state index contributed by atoms with van der Waals surface area (Å²) in [6, 6.07) is 10.5. The Hall–Kier alpha value is -2.68. The lowest BCUT2D eigenvalue weighted by atomic mass is 9.63. The zero-order valence-electron chi connectivity index (χ0n) is 24.8. The van der Waals surface area contributed by atoms with Gasteiger partial charge in [-0.1, -0.05) is 45.9 Å². The van der Waals surface area contributed by atoms with E-state index in [0.29, 0.717) is 43.1 Å². The van der Waals surface area contributed by atoms with Gasteiger partial charge in [0.2, 0.25) is 0 Å². The molecule has 0 saturated heterocycles. The summed E-state index contributed by atoms with van der Waals surface area (Å²) in [6.45, 7) is 13.8. The Bertz CT molecular complexity index is 1420. The van der Waals surface area contributed by atoms with Crippen LogP contribution in [0.4, 0.5) is 4.39 Å². The third-order valence-corrected chi connectivity index (χ3v) is 9.13. The minimum atomic E-state index is -0.455. The Morgan fingerprint density at radius 2 is 1.49 bits per heavy atom. The molecule has 0 fully saturated rings. The molecule has 2 aromatic carbocycles. The van der Waals surface area contributed by atoms with E-state index in [1.54, 1.807) is 18.2 Å². The van der Waals surface area contributed by atoms with E-state index in [-0.39, 0.29) is 34.8 Å². The number of ether oxygens (including phenoxy) is 2. The van der Waals surface area contributed by atoms with Crippen molar-refractivity contribution in [3.8, 4) is 11.5 Å². The molecule has 0 atom stereocenters. The second-order valence-corrected chi connectivity index (χ2v) is 14.1. The van der Waals surface area contributed by atoms with Crippen molar-refractivity contribution in [3.05, 3.63) is 79.5 Å². The van der Waals surface area contributed by atoms with Crippen LogP contribution in [0.25, 0.3) is 0 Å². The lowest BCUT2D eigenvalue weighted by molar-refractivity contribution is -0.119. The number of hydrogen-bond acceptors (Lipinski definition) is 5. The van der Waals surface area contributed by atoms with E-state index >= 15 is 0 Å². The van der Waals surface area contributed by atoms with Crippen LogP contribution in [0, 0.1) is 20.2 Å². The average molecular weight is 672 g/mol. The largest absolute Gasteiger partial charge is 0.490 e. The molecular formula is C34H39FINO4. The molecule has 0 radical (unpaired) electrons. The summed E-state index contributed by atoms with van der Waals surface area (Å²) in [6.07, 6.45) is 2.45. The molecule has 0 aromatic heterocycles. The number of allylic oxidation sites excluding steroid dienone is 4. The maximum Gasteiger partial charge on any atom is 0.174 e. The normalized spacial score (nSPS) is 20.2. The van der Waals surface area contributed by atoms with Crippen LogP contribution in [0.5, 0.6) is 11.5 Å². The topological polar surface area (TPSA) is 55.8 Å². The van der Waals surface area contributed by atoms with Gasteiger partial charge < -0.3 is 14.4 Å². The first-order chi connectivity index (χ1) is 19.4. The molecular weight excluding hydrogens is 632 g/mol. The molecule has 0 bridgehead atoms. The zero-order valence-corrected chi connectivity index (χ0v) is 27.0. The van der Waals surface area contributed by atoms with Crippen molar-refractivity contribution in [2.24, 2.45) is 10.8 Å². The van der Waals surface area contributed by atoms with Crippen molar-refractivity contribution in [1.82, 2.24) is 4.90 Å². The molecule has 3 aliphatic rings. The van der Waals surface area contributed by atoms with Crippen LogP contribution in [0.1, 0.15) is 84.3 Å². The van der Waals surface area contributed by atoms with Gasteiger partial charge in [0.25, 0.3) is 0 Å². The van der Waals surface area contributed by atoms with Gasteiger partial charge in [-0.05, 0) is 83.9 Å². The zero-order chi connectivity index (χ0) is 29.7. The molecule has 1 heterocycles. The summed E-state index contributed by atoms with van der Waals surface area (Å²) in [5.41, 5.74) is 4.59. The highest BCUT2D eigenvalue weighted by molar-refractivity contribution is 14.1. The molecule has 41 heavy (non-hydrogen) atoms. The standard InChI is InChI=1S/C34H39FINO4/c1-7-37-24-15-33(3,4)17-26(38)30(24)29(31-25(37)16-34(5,6)18-27(31)39)21-13-23(36)32(28(14-21)40-8-2)41-19-20-11-9-10-12-22(20)35/h9-14,29H,7-8,15-19H2,1-6H3. The Morgan fingerprint density at radius 1 is 0.902 bits per heavy atom. The summed E-state index contributed by atoms with van der Waals surface area (Å²) in [5.74, 6) is 0.495. The van der Waals surface area contributed by atoms with Gasteiger partial charge in [0.1, 0.15) is 12.4 Å². The second-order valence-electron chi connectivity index (χ2n) is 12.9. The number of nitrogens with zero attached hydrogens (tertiary/aromatic N) is 1. The highest BCUT2D eigenvalue weighted by atomic mass is 127. The van der Waals surface area contributed by atoms with Gasteiger partial charge in [-0.2, -0.15) is 0 Å². The van der Waals surface area contributed by atoms with Crippen LogP contribution in [-0.4, -0.2) is 29.6 Å². The maximum absolute atomic E-state index is 14.3. The van der Waals surface area contributed by atoms with E-state index in [4.69, 9.17) is 9.47 Å². The first-order valence-corrected chi connectivity index (χ1v) is 15.6. The van der Waals surface area contributed by atoms with Crippen molar-refractivity contribution in [2.45, 2.75) is 79.8 Å². The number of carbonyl (C=O) groups excluding carboxylic acids is 2. The number of carbonyl (C=O) groups is 2. The van der Waals surface area contributed by atoms with E-state index in [0.717, 1.165) is 44.5 Å². The van der Waals surface area contributed by atoms with Gasteiger partial charge in [0.15, 0.2) is 23.1 Å². The molecule has 0 N–H and O–H groups in total. The number of hydrogen-bond donors (Lipinski definition) is 0. The Balaban J connectivity index is 1.67. The summed E-state index contributed by atoms with van der Waals surface area (Å²) >= 11 is 2.22. The smallest absolute Gasteiger partial charge is 0.174 e. The number of rotatable bonds is 7. The molecule has 0 saturated carbocycles. The van der Waals surface area contributed by atoms with Gasteiger partial charge in [0.05, 0.1) is 10.2 Å². The minimum absolute atomic E-state index is 0.0583. The fraction of sp³-hybridized carbons (Fsp3) is 0.471. The van der Waals surface area contributed by atoms with Gasteiger partial charge >= 0.3 is 0 Å². The van der Waals surface area contributed by atoms with Crippen molar-refractivity contribution < 1.29 is 23.5 Å². The van der Waals surface area contributed by atoms with Gasteiger partial charge in [-0.25, -0.2) is 4.39 Å². The highest BCUT2D eigenvalue weighted by Crippen LogP contribution is 2.55. The third kappa shape index (κ3) is 5.71. The lowest BCUT2D eigenvalue weighted by Crippen LogP contribution is -2.44. The molecule has 7 heteroatoms. The average Bonchev–Trinajstić information content (AvgIpc) is 2.86. The number of benzene rings is 2. The molecule has 218 valence electrons. The second kappa shape index (κ2) is 11.2. The van der Waals surface area contributed by atoms with Gasteiger partial charge in [-0.15, -0.1) is 0 Å². The molecule has 0 amide bonds. The van der Waals surface area contributed by atoms with E-state index in [1.165, 1.54) is 6.07 Å². The quantitative estimate of drug-likeness (QED) is 0.279. The predicted octanol–water partition coefficient (Wildman–Crippen LogP) is 8.11. The van der Waals surface area contributed by atoms with E-state index in [9.17, 15) is 14.0 Å². The first-order valence-electron chi connectivity index (χ1n) is 14.5. The molecule has 0 spiro atoms. The Labute approximate surface area is 256 Å². The summed E-state index contributed by atoms with van der Waals surface area (Å²) < 4.78 is 27.3. The SMILES string of the molecule is CCOc1cc(C2C3=C(CC(C)(C)CC3=O)N(CC)C3=C2C(=O)CC(C)(C)C3)cc(I)c1OCc1ccccc1F. The summed E-state index contributed by atoms with van der Waals surface area (Å²) in [7, 11) is 0. The van der Waals surface area contributed by atoms with Crippen LogP contribution in [0.2, 0.25) is 0 Å². The number of halogens is 2. The van der Waals surface area contributed by atoms with Crippen molar-refractivity contribution in [1.29, 1.82) is 0 Å².